The lowest BCUT2D eigenvalue weighted by molar-refractivity contribution is -0.113. The summed E-state index contributed by atoms with van der Waals surface area (Å²) >= 11 is 1.63. The van der Waals surface area contributed by atoms with E-state index in [1.54, 1.807) is 16.4 Å². The Morgan fingerprint density at radius 1 is 1.25 bits per heavy atom. The number of anilines is 1. The molecule has 126 valence electrons. The quantitative estimate of drug-likeness (QED) is 0.926. The van der Waals surface area contributed by atoms with Crippen molar-refractivity contribution in [1.29, 1.82) is 0 Å². The van der Waals surface area contributed by atoms with Gasteiger partial charge in [-0.15, -0.1) is 11.8 Å². The zero-order chi connectivity index (χ0) is 16.5. The molecule has 4 rings (SSSR count). The van der Waals surface area contributed by atoms with E-state index in [0.717, 1.165) is 30.0 Å². The molecular formula is C18H21N3O2S. The van der Waals surface area contributed by atoms with E-state index in [0.29, 0.717) is 11.9 Å². The number of benzene rings is 1. The van der Waals surface area contributed by atoms with Crippen LogP contribution in [0.4, 0.5) is 5.82 Å². The Balaban J connectivity index is 1.57. The van der Waals surface area contributed by atoms with Crippen LogP contribution < -0.4 is 10.1 Å². The summed E-state index contributed by atoms with van der Waals surface area (Å²) in [6.45, 7) is 0. The number of nitrogens with zero attached hydrogens (tertiary/aromatic N) is 2. The van der Waals surface area contributed by atoms with Gasteiger partial charge in [0.05, 0.1) is 23.3 Å². The molecule has 0 saturated heterocycles. The van der Waals surface area contributed by atoms with Crippen molar-refractivity contribution in [3.63, 3.8) is 0 Å². The van der Waals surface area contributed by atoms with Crippen molar-refractivity contribution < 1.29 is 9.53 Å². The van der Waals surface area contributed by atoms with Gasteiger partial charge in [0.1, 0.15) is 11.6 Å². The van der Waals surface area contributed by atoms with Crippen molar-refractivity contribution in [2.45, 2.75) is 37.0 Å². The summed E-state index contributed by atoms with van der Waals surface area (Å²) in [7, 11) is 1.85. The standard InChI is InChI=1S/C18H21N3O2S/c1-21-18-15(10-19-21)17(24-11-16(22)20-18)12-6-8-14(9-7-12)23-13-4-2-3-5-13/h6-10,13,17H,2-5,11H2,1H3,(H,20,22)/t17-/m0/s1. The van der Waals surface area contributed by atoms with E-state index in [1.807, 2.05) is 25.4 Å². The van der Waals surface area contributed by atoms with Crippen LogP contribution in [0.2, 0.25) is 0 Å². The maximum atomic E-state index is 11.9. The highest BCUT2D eigenvalue weighted by atomic mass is 32.2. The van der Waals surface area contributed by atoms with Crippen molar-refractivity contribution in [3.8, 4) is 5.75 Å². The Bertz CT molecular complexity index is 735. The number of hydrogen-bond donors (Lipinski definition) is 1. The molecule has 1 aromatic carbocycles. The SMILES string of the molecule is Cn1ncc2c1NC(=O)CS[C@H]2c1ccc(OC2CCCC2)cc1. The molecule has 5 nitrogen and oxygen atoms in total. The maximum Gasteiger partial charge on any atom is 0.235 e. The van der Waals surface area contributed by atoms with Crippen LogP contribution in [0.1, 0.15) is 42.1 Å². The Morgan fingerprint density at radius 3 is 2.75 bits per heavy atom. The lowest BCUT2D eigenvalue weighted by atomic mass is 10.1. The number of carbonyl (C=O) groups is 1. The van der Waals surface area contributed by atoms with Crippen molar-refractivity contribution in [2.75, 3.05) is 11.1 Å². The summed E-state index contributed by atoms with van der Waals surface area (Å²) in [4.78, 5) is 11.9. The first-order valence-corrected chi connectivity index (χ1v) is 9.45. The number of thioether (sulfide) groups is 1. The van der Waals surface area contributed by atoms with Crippen molar-refractivity contribution in [2.24, 2.45) is 7.05 Å². The van der Waals surface area contributed by atoms with Crippen LogP contribution in [0.5, 0.6) is 5.75 Å². The molecule has 2 heterocycles. The minimum atomic E-state index is 0.0218. The summed E-state index contributed by atoms with van der Waals surface area (Å²) < 4.78 is 7.77. The normalized spacial score (nSPS) is 21.2. The van der Waals surface area contributed by atoms with E-state index in [9.17, 15) is 4.79 Å². The van der Waals surface area contributed by atoms with E-state index in [1.165, 1.54) is 18.4 Å². The lowest BCUT2D eigenvalue weighted by Crippen LogP contribution is -2.15. The highest BCUT2D eigenvalue weighted by Crippen LogP contribution is 2.41. The number of carbonyl (C=O) groups excluding carboxylic acids is 1. The molecule has 1 N–H and O–H groups in total. The topological polar surface area (TPSA) is 56.2 Å². The summed E-state index contributed by atoms with van der Waals surface area (Å²) in [5.41, 5.74) is 2.22. The second-order valence-corrected chi connectivity index (χ2v) is 7.50. The van der Waals surface area contributed by atoms with Gasteiger partial charge in [-0.1, -0.05) is 12.1 Å². The van der Waals surface area contributed by atoms with Gasteiger partial charge in [-0.05, 0) is 43.4 Å². The minimum absolute atomic E-state index is 0.0218. The third-order valence-corrected chi connectivity index (χ3v) is 5.96. The van der Waals surface area contributed by atoms with E-state index in [2.05, 4.69) is 22.5 Å². The van der Waals surface area contributed by atoms with Gasteiger partial charge in [0, 0.05) is 12.6 Å². The number of nitrogens with one attached hydrogen (secondary N) is 1. The van der Waals surface area contributed by atoms with Crippen LogP contribution in [0.15, 0.2) is 30.5 Å². The van der Waals surface area contributed by atoms with Crippen molar-refractivity contribution >= 4 is 23.5 Å². The molecule has 1 atom stereocenters. The first-order valence-electron chi connectivity index (χ1n) is 8.40. The van der Waals surface area contributed by atoms with Crippen LogP contribution in [-0.2, 0) is 11.8 Å². The summed E-state index contributed by atoms with van der Waals surface area (Å²) in [5.74, 6) is 2.19. The van der Waals surface area contributed by atoms with Gasteiger partial charge in [-0.25, -0.2) is 0 Å². The van der Waals surface area contributed by atoms with E-state index < -0.39 is 0 Å². The predicted octanol–water partition coefficient (Wildman–Crippen LogP) is 3.52. The second-order valence-electron chi connectivity index (χ2n) is 6.40. The third-order valence-electron chi connectivity index (χ3n) is 4.68. The number of rotatable bonds is 3. The predicted molar refractivity (Wildman–Crippen MR) is 95.5 cm³/mol. The van der Waals surface area contributed by atoms with Gasteiger partial charge in [0.15, 0.2) is 0 Å². The average molecular weight is 343 g/mol. The van der Waals surface area contributed by atoms with E-state index in [-0.39, 0.29) is 11.2 Å². The molecule has 1 amide bonds. The molecule has 1 aliphatic carbocycles. The molecule has 24 heavy (non-hydrogen) atoms. The molecule has 0 spiro atoms. The number of hydrogen-bond acceptors (Lipinski definition) is 4. The van der Waals surface area contributed by atoms with E-state index >= 15 is 0 Å². The van der Waals surface area contributed by atoms with Crippen LogP contribution in [0.25, 0.3) is 0 Å². The van der Waals surface area contributed by atoms with Gasteiger partial charge >= 0.3 is 0 Å². The monoisotopic (exact) mass is 343 g/mol. The van der Waals surface area contributed by atoms with Gasteiger partial charge in [-0.2, -0.15) is 5.10 Å². The van der Waals surface area contributed by atoms with Gasteiger partial charge in [-0.3, -0.25) is 9.48 Å². The third kappa shape index (κ3) is 3.02. The minimum Gasteiger partial charge on any atom is -0.490 e. The first-order chi connectivity index (χ1) is 11.7. The second kappa shape index (κ2) is 6.51. The molecule has 1 fully saturated rings. The maximum absolute atomic E-state index is 11.9. The summed E-state index contributed by atoms with van der Waals surface area (Å²) in [5, 5.41) is 7.35. The molecule has 2 aliphatic rings. The molecule has 1 aromatic heterocycles. The Kier molecular flexibility index (Phi) is 4.22. The molecule has 1 saturated carbocycles. The van der Waals surface area contributed by atoms with Crippen LogP contribution >= 0.6 is 11.8 Å². The van der Waals surface area contributed by atoms with Crippen molar-refractivity contribution in [3.05, 3.63) is 41.6 Å². The number of ether oxygens (including phenoxy) is 1. The zero-order valence-corrected chi connectivity index (χ0v) is 14.5. The fourth-order valence-electron chi connectivity index (χ4n) is 3.41. The van der Waals surface area contributed by atoms with Gasteiger partial charge in [0.2, 0.25) is 5.91 Å². The fourth-order valence-corrected chi connectivity index (χ4v) is 4.50. The molecule has 6 heteroatoms. The molecular weight excluding hydrogens is 322 g/mol. The van der Waals surface area contributed by atoms with Crippen molar-refractivity contribution in [1.82, 2.24) is 9.78 Å². The zero-order valence-electron chi connectivity index (χ0n) is 13.7. The Hall–Kier alpha value is -1.95. The van der Waals surface area contributed by atoms with Crippen LogP contribution in [0.3, 0.4) is 0 Å². The fraction of sp³-hybridized carbons (Fsp3) is 0.444. The lowest BCUT2D eigenvalue weighted by Gasteiger charge is -2.16. The number of fused-ring (bicyclic) bond motifs is 1. The van der Waals surface area contributed by atoms with Gasteiger partial charge < -0.3 is 10.1 Å². The average Bonchev–Trinajstić information content (AvgIpc) is 3.17. The largest absolute Gasteiger partial charge is 0.490 e. The van der Waals surface area contributed by atoms with Crippen LogP contribution in [0, 0.1) is 0 Å². The molecule has 1 aliphatic heterocycles. The van der Waals surface area contributed by atoms with Crippen LogP contribution in [-0.4, -0.2) is 27.5 Å². The number of aryl methyl sites for hydroxylation is 1. The molecule has 0 bridgehead atoms. The summed E-state index contributed by atoms with van der Waals surface area (Å²) in [6, 6.07) is 8.30. The first kappa shape index (κ1) is 15.6. The molecule has 0 radical (unpaired) electrons. The highest BCUT2D eigenvalue weighted by molar-refractivity contribution is 8.00. The number of amides is 1. The smallest absolute Gasteiger partial charge is 0.235 e. The Morgan fingerprint density at radius 2 is 2.00 bits per heavy atom. The highest BCUT2D eigenvalue weighted by Gasteiger charge is 2.27. The summed E-state index contributed by atoms with van der Waals surface area (Å²) in [6.07, 6.45) is 7.08. The molecule has 0 unspecified atom stereocenters. The Labute approximate surface area is 145 Å². The van der Waals surface area contributed by atoms with E-state index in [4.69, 9.17) is 4.74 Å². The number of aromatic nitrogens is 2. The van der Waals surface area contributed by atoms with Gasteiger partial charge in [0.25, 0.3) is 0 Å². The molecule has 2 aromatic rings.